The molecule has 0 aliphatic carbocycles. The van der Waals surface area contributed by atoms with Crippen LogP contribution in [0.3, 0.4) is 0 Å². The molecular weight excluding hydrogens is 511 g/mol. The van der Waals surface area contributed by atoms with Gasteiger partial charge < -0.3 is 20.3 Å². The van der Waals surface area contributed by atoms with E-state index in [1.54, 1.807) is 0 Å². The van der Waals surface area contributed by atoms with E-state index >= 15 is 0 Å². The molecule has 1 fully saturated rings. The van der Waals surface area contributed by atoms with Gasteiger partial charge in [0.25, 0.3) is 0 Å². The van der Waals surface area contributed by atoms with E-state index in [1.165, 1.54) is 6.92 Å². The number of carbonyl (C=O) groups excluding carboxylic acids is 2. The number of carbonyl (C=O) groups is 2. The van der Waals surface area contributed by atoms with Crippen molar-refractivity contribution in [2.24, 2.45) is 0 Å². The lowest BCUT2D eigenvalue weighted by Crippen LogP contribution is -2.47. The Bertz CT molecular complexity index is 1070. The van der Waals surface area contributed by atoms with Crippen LogP contribution in [0.4, 0.5) is 11.4 Å². The Morgan fingerprint density at radius 3 is 2.38 bits per heavy atom. The maximum atomic E-state index is 12.2. The third-order valence-corrected chi connectivity index (χ3v) is 6.96. The highest BCUT2D eigenvalue weighted by atomic mass is 35.5. The highest BCUT2D eigenvalue weighted by Gasteiger charge is 2.22. The number of nitrogens with one attached hydrogen (secondary N) is 2. The summed E-state index contributed by atoms with van der Waals surface area (Å²) in [4.78, 5) is 28.5. The van der Waals surface area contributed by atoms with Gasteiger partial charge in [0.05, 0.1) is 28.0 Å². The number of hydrogen-bond acceptors (Lipinski definition) is 6. The lowest BCUT2D eigenvalue weighted by Gasteiger charge is -2.37. The standard InChI is InChI=1S/C28H38Cl2N4O3/c1-20(35)32-25-7-5-6-8-26(25)34-15-13-33(14-16-34)12-11-22(21-9-10-23(29)24(30)17-21)18-31-19-27(36)37-28(2,3)4/h5-10,17,22,31H,11-16,18-19H2,1-4H3,(H,32,35)/t22-/m1/s1. The van der Waals surface area contributed by atoms with Gasteiger partial charge in [-0.1, -0.05) is 41.4 Å². The highest BCUT2D eigenvalue weighted by Crippen LogP contribution is 2.29. The van der Waals surface area contributed by atoms with Gasteiger partial charge in [0.1, 0.15) is 5.60 Å². The molecule has 0 saturated carbocycles. The first-order valence-electron chi connectivity index (χ1n) is 12.7. The average Bonchev–Trinajstić information content (AvgIpc) is 2.82. The quantitative estimate of drug-likeness (QED) is 0.398. The maximum Gasteiger partial charge on any atom is 0.320 e. The zero-order valence-corrected chi connectivity index (χ0v) is 23.7. The number of hydrogen-bond donors (Lipinski definition) is 2. The molecule has 1 saturated heterocycles. The molecule has 1 amide bonds. The number of piperazine rings is 1. The normalized spacial score (nSPS) is 15.4. The van der Waals surface area contributed by atoms with Crippen LogP contribution in [0.2, 0.25) is 10.0 Å². The summed E-state index contributed by atoms with van der Waals surface area (Å²) >= 11 is 12.5. The molecule has 0 bridgehead atoms. The van der Waals surface area contributed by atoms with Crippen molar-refractivity contribution < 1.29 is 14.3 Å². The van der Waals surface area contributed by atoms with E-state index in [0.717, 1.165) is 56.1 Å². The smallest absolute Gasteiger partial charge is 0.320 e. The van der Waals surface area contributed by atoms with E-state index in [2.05, 4.69) is 26.5 Å². The Labute approximate surface area is 230 Å². The predicted octanol–water partition coefficient (Wildman–Crippen LogP) is 5.18. The van der Waals surface area contributed by atoms with Gasteiger partial charge in [0.15, 0.2) is 0 Å². The van der Waals surface area contributed by atoms with E-state index < -0.39 is 5.60 Å². The number of amides is 1. The van der Waals surface area contributed by atoms with Crippen LogP contribution in [0.15, 0.2) is 42.5 Å². The van der Waals surface area contributed by atoms with E-state index in [-0.39, 0.29) is 24.3 Å². The van der Waals surface area contributed by atoms with Crippen molar-refractivity contribution in [1.82, 2.24) is 10.2 Å². The first kappa shape index (κ1) is 29.2. The number of rotatable bonds is 10. The number of anilines is 2. The first-order chi connectivity index (χ1) is 17.5. The fourth-order valence-electron chi connectivity index (χ4n) is 4.47. The van der Waals surface area contributed by atoms with Crippen molar-refractivity contribution in [3.8, 4) is 0 Å². The van der Waals surface area contributed by atoms with Crippen molar-refractivity contribution >= 4 is 46.5 Å². The Morgan fingerprint density at radius 2 is 1.73 bits per heavy atom. The van der Waals surface area contributed by atoms with Crippen LogP contribution in [-0.4, -0.2) is 68.2 Å². The summed E-state index contributed by atoms with van der Waals surface area (Å²) in [5.74, 6) is -0.175. The molecule has 1 aliphatic rings. The van der Waals surface area contributed by atoms with Gasteiger partial charge in [-0.15, -0.1) is 0 Å². The molecule has 2 aromatic carbocycles. The van der Waals surface area contributed by atoms with Crippen molar-refractivity contribution in [2.75, 3.05) is 56.0 Å². The lowest BCUT2D eigenvalue weighted by atomic mass is 9.95. The summed E-state index contributed by atoms with van der Waals surface area (Å²) in [5, 5.41) is 7.26. The van der Waals surface area contributed by atoms with Crippen LogP contribution in [-0.2, 0) is 14.3 Å². The van der Waals surface area contributed by atoms with Gasteiger partial charge in [-0.05, 0) is 69.5 Å². The van der Waals surface area contributed by atoms with Gasteiger partial charge in [-0.2, -0.15) is 0 Å². The molecule has 1 atom stereocenters. The summed E-state index contributed by atoms with van der Waals surface area (Å²) in [6, 6.07) is 13.7. The molecule has 0 radical (unpaired) electrons. The molecule has 0 unspecified atom stereocenters. The zero-order valence-electron chi connectivity index (χ0n) is 22.2. The summed E-state index contributed by atoms with van der Waals surface area (Å²) in [6.45, 7) is 12.4. The maximum absolute atomic E-state index is 12.2. The zero-order chi connectivity index (χ0) is 27.0. The number of nitrogens with zero attached hydrogens (tertiary/aromatic N) is 2. The number of esters is 1. The van der Waals surface area contributed by atoms with E-state index in [4.69, 9.17) is 27.9 Å². The molecule has 202 valence electrons. The van der Waals surface area contributed by atoms with E-state index in [9.17, 15) is 9.59 Å². The summed E-state index contributed by atoms with van der Waals surface area (Å²) < 4.78 is 5.42. The van der Waals surface area contributed by atoms with Crippen LogP contribution in [0, 0.1) is 0 Å². The second-order valence-electron chi connectivity index (χ2n) is 10.4. The molecule has 0 aromatic heterocycles. The minimum Gasteiger partial charge on any atom is -0.459 e. The molecule has 37 heavy (non-hydrogen) atoms. The van der Waals surface area contributed by atoms with Crippen LogP contribution in [0.25, 0.3) is 0 Å². The topological polar surface area (TPSA) is 73.9 Å². The van der Waals surface area contributed by atoms with Crippen molar-refractivity contribution in [3.63, 3.8) is 0 Å². The molecule has 9 heteroatoms. The summed E-state index contributed by atoms with van der Waals surface area (Å²) in [7, 11) is 0. The predicted molar refractivity (Wildman–Crippen MR) is 152 cm³/mol. The fourth-order valence-corrected chi connectivity index (χ4v) is 4.78. The summed E-state index contributed by atoms with van der Waals surface area (Å²) in [6.07, 6.45) is 0.905. The molecule has 1 aliphatic heterocycles. The second kappa shape index (κ2) is 13.5. The van der Waals surface area contributed by atoms with Crippen molar-refractivity contribution in [1.29, 1.82) is 0 Å². The van der Waals surface area contributed by atoms with Gasteiger partial charge in [-0.25, -0.2) is 0 Å². The summed E-state index contributed by atoms with van der Waals surface area (Å²) in [5.41, 5.74) is 2.48. The molecule has 3 rings (SSSR count). The minimum atomic E-state index is -0.507. The largest absolute Gasteiger partial charge is 0.459 e. The first-order valence-corrected chi connectivity index (χ1v) is 13.5. The second-order valence-corrected chi connectivity index (χ2v) is 11.2. The number of para-hydroxylation sites is 2. The number of halogens is 2. The van der Waals surface area contributed by atoms with Crippen LogP contribution < -0.4 is 15.5 Å². The molecule has 0 spiro atoms. The Hall–Kier alpha value is -2.32. The van der Waals surface area contributed by atoms with Crippen LogP contribution in [0.5, 0.6) is 0 Å². The van der Waals surface area contributed by atoms with Crippen LogP contribution >= 0.6 is 23.2 Å². The van der Waals surface area contributed by atoms with Gasteiger partial charge in [0.2, 0.25) is 5.91 Å². The Balaban J connectivity index is 1.57. The Morgan fingerprint density at radius 1 is 1.03 bits per heavy atom. The SMILES string of the molecule is CC(=O)Nc1ccccc1N1CCN(CC[C@H](CNCC(=O)OC(C)(C)C)c2ccc(Cl)c(Cl)c2)CC1. The van der Waals surface area contributed by atoms with Crippen LogP contribution in [0.1, 0.15) is 45.6 Å². The Kier molecular flexibility index (Phi) is 10.6. The monoisotopic (exact) mass is 548 g/mol. The molecule has 1 heterocycles. The number of ether oxygens (including phenoxy) is 1. The van der Waals surface area contributed by atoms with Crippen molar-refractivity contribution in [2.45, 2.75) is 45.6 Å². The van der Waals surface area contributed by atoms with Gasteiger partial charge in [-0.3, -0.25) is 14.5 Å². The van der Waals surface area contributed by atoms with Crippen molar-refractivity contribution in [3.05, 3.63) is 58.1 Å². The fraction of sp³-hybridized carbons (Fsp3) is 0.500. The highest BCUT2D eigenvalue weighted by molar-refractivity contribution is 6.42. The number of benzene rings is 2. The lowest BCUT2D eigenvalue weighted by molar-refractivity contribution is -0.153. The molecule has 2 aromatic rings. The molecule has 7 nitrogen and oxygen atoms in total. The third-order valence-electron chi connectivity index (χ3n) is 6.22. The average molecular weight is 550 g/mol. The van der Waals surface area contributed by atoms with E-state index in [1.807, 2.05) is 57.2 Å². The molecular formula is C28H38Cl2N4O3. The third kappa shape index (κ3) is 9.49. The molecule has 2 N–H and O–H groups in total. The van der Waals surface area contributed by atoms with Gasteiger partial charge in [0, 0.05) is 39.6 Å². The van der Waals surface area contributed by atoms with E-state index in [0.29, 0.717) is 16.6 Å². The van der Waals surface area contributed by atoms with Gasteiger partial charge >= 0.3 is 5.97 Å². The minimum absolute atomic E-state index is 0.0697.